The van der Waals surface area contributed by atoms with Crippen LogP contribution in [0.2, 0.25) is 0 Å². The number of hydrogen-bond donors (Lipinski definition) is 2. The first-order chi connectivity index (χ1) is 9.49. The molecule has 0 aromatic rings. The zero-order valence-electron chi connectivity index (χ0n) is 11.9. The molecule has 2 aliphatic rings. The number of rotatable bonds is 5. The minimum absolute atomic E-state index is 0.163. The highest BCUT2D eigenvalue weighted by molar-refractivity contribution is 7.89. The minimum atomic E-state index is -3.26. The molecule has 0 bridgehead atoms. The summed E-state index contributed by atoms with van der Waals surface area (Å²) in [5, 5.41) is 3.36. The largest absolute Gasteiger partial charge is 0.369 e. The monoisotopic (exact) mass is 303 g/mol. The smallest absolute Gasteiger partial charge is 0.221 e. The SMILES string of the molecule is NC(=O)C1CCCN(S(=O)(=O)CCC2CCCCN2)C1. The summed E-state index contributed by atoms with van der Waals surface area (Å²) < 4.78 is 26.1. The number of carbonyl (C=O) groups is 1. The van der Waals surface area contributed by atoms with Gasteiger partial charge in [0.05, 0.1) is 11.7 Å². The van der Waals surface area contributed by atoms with Crippen LogP contribution in [0.3, 0.4) is 0 Å². The van der Waals surface area contributed by atoms with Crippen molar-refractivity contribution in [2.24, 2.45) is 11.7 Å². The third-order valence-electron chi connectivity index (χ3n) is 4.32. The predicted octanol–water partition coefficient (Wildman–Crippen LogP) is 0.0457. The zero-order chi connectivity index (χ0) is 14.6. The summed E-state index contributed by atoms with van der Waals surface area (Å²) in [6.07, 6.45) is 5.47. The van der Waals surface area contributed by atoms with Crippen molar-refractivity contribution in [1.29, 1.82) is 0 Å². The molecule has 2 aliphatic heterocycles. The molecule has 2 unspecified atom stereocenters. The van der Waals surface area contributed by atoms with Crippen molar-refractivity contribution < 1.29 is 13.2 Å². The van der Waals surface area contributed by atoms with Gasteiger partial charge in [0.25, 0.3) is 0 Å². The van der Waals surface area contributed by atoms with Crippen molar-refractivity contribution in [2.75, 3.05) is 25.4 Å². The van der Waals surface area contributed by atoms with E-state index in [2.05, 4.69) is 5.32 Å². The summed E-state index contributed by atoms with van der Waals surface area (Å²) in [7, 11) is -3.26. The molecule has 116 valence electrons. The Morgan fingerprint density at radius 1 is 1.25 bits per heavy atom. The summed E-state index contributed by atoms with van der Waals surface area (Å²) in [4.78, 5) is 11.2. The maximum absolute atomic E-state index is 12.3. The van der Waals surface area contributed by atoms with Crippen molar-refractivity contribution >= 4 is 15.9 Å². The maximum Gasteiger partial charge on any atom is 0.221 e. The number of sulfonamides is 1. The lowest BCUT2D eigenvalue weighted by molar-refractivity contribution is -0.122. The summed E-state index contributed by atoms with van der Waals surface area (Å²) >= 11 is 0. The fourth-order valence-corrected chi connectivity index (χ4v) is 4.67. The molecule has 0 aromatic heterocycles. The van der Waals surface area contributed by atoms with E-state index < -0.39 is 10.0 Å². The lowest BCUT2D eigenvalue weighted by Crippen LogP contribution is -2.45. The van der Waals surface area contributed by atoms with Crippen LogP contribution in [0.25, 0.3) is 0 Å². The van der Waals surface area contributed by atoms with E-state index in [0.29, 0.717) is 31.8 Å². The van der Waals surface area contributed by atoms with E-state index in [1.807, 2.05) is 0 Å². The van der Waals surface area contributed by atoms with E-state index in [0.717, 1.165) is 13.0 Å². The second-order valence-electron chi connectivity index (χ2n) is 5.85. The fraction of sp³-hybridized carbons (Fsp3) is 0.923. The molecule has 2 saturated heterocycles. The quantitative estimate of drug-likeness (QED) is 0.750. The van der Waals surface area contributed by atoms with Crippen molar-refractivity contribution in [2.45, 2.75) is 44.6 Å². The number of piperidine rings is 2. The molecule has 0 spiro atoms. The molecule has 2 rings (SSSR count). The Hall–Kier alpha value is -0.660. The number of nitrogens with two attached hydrogens (primary N) is 1. The van der Waals surface area contributed by atoms with Crippen LogP contribution in [-0.4, -0.2) is 50.1 Å². The summed E-state index contributed by atoms with van der Waals surface area (Å²) in [6.45, 7) is 1.76. The van der Waals surface area contributed by atoms with Gasteiger partial charge < -0.3 is 11.1 Å². The van der Waals surface area contributed by atoms with Crippen molar-refractivity contribution in [3.05, 3.63) is 0 Å². The van der Waals surface area contributed by atoms with E-state index in [9.17, 15) is 13.2 Å². The summed E-state index contributed by atoms with van der Waals surface area (Å²) in [6, 6.07) is 0.315. The average Bonchev–Trinajstić information content (AvgIpc) is 2.46. The third-order valence-corrected chi connectivity index (χ3v) is 6.19. The molecular weight excluding hydrogens is 278 g/mol. The van der Waals surface area contributed by atoms with Crippen LogP contribution in [0.5, 0.6) is 0 Å². The molecule has 1 amide bonds. The standard InChI is InChI=1S/C13H25N3O3S/c14-13(17)11-4-3-8-16(10-11)20(18,19)9-6-12-5-1-2-7-15-12/h11-12,15H,1-10H2,(H2,14,17). The maximum atomic E-state index is 12.3. The molecule has 20 heavy (non-hydrogen) atoms. The summed E-state index contributed by atoms with van der Waals surface area (Å²) in [5.74, 6) is -0.555. The number of hydrogen-bond acceptors (Lipinski definition) is 4. The fourth-order valence-electron chi connectivity index (χ4n) is 3.02. The van der Waals surface area contributed by atoms with Gasteiger partial charge in [-0.15, -0.1) is 0 Å². The molecule has 7 heteroatoms. The van der Waals surface area contributed by atoms with Gasteiger partial charge in [-0.05, 0) is 38.6 Å². The molecule has 0 radical (unpaired) electrons. The molecule has 3 N–H and O–H groups in total. The van der Waals surface area contributed by atoms with E-state index in [-0.39, 0.29) is 24.1 Å². The van der Waals surface area contributed by atoms with Crippen molar-refractivity contribution in [3.63, 3.8) is 0 Å². The van der Waals surface area contributed by atoms with E-state index >= 15 is 0 Å². The minimum Gasteiger partial charge on any atom is -0.369 e. The highest BCUT2D eigenvalue weighted by Crippen LogP contribution is 2.20. The van der Waals surface area contributed by atoms with E-state index in [1.54, 1.807) is 0 Å². The Labute approximate surface area is 121 Å². The predicted molar refractivity (Wildman–Crippen MR) is 77.5 cm³/mol. The molecule has 2 atom stereocenters. The van der Waals surface area contributed by atoms with Gasteiger partial charge in [0, 0.05) is 19.1 Å². The van der Waals surface area contributed by atoms with E-state index in [1.165, 1.54) is 17.1 Å². The highest BCUT2D eigenvalue weighted by atomic mass is 32.2. The Kier molecular flexibility index (Phi) is 5.40. The van der Waals surface area contributed by atoms with Crippen molar-refractivity contribution in [1.82, 2.24) is 9.62 Å². The van der Waals surface area contributed by atoms with E-state index in [4.69, 9.17) is 5.73 Å². The molecule has 0 aliphatic carbocycles. The molecule has 2 heterocycles. The van der Waals surface area contributed by atoms with Gasteiger partial charge in [0.1, 0.15) is 0 Å². The lowest BCUT2D eigenvalue weighted by atomic mass is 9.99. The topological polar surface area (TPSA) is 92.5 Å². The third kappa shape index (κ3) is 4.17. The van der Waals surface area contributed by atoms with Gasteiger partial charge in [-0.3, -0.25) is 4.79 Å². The Balaban J connectivity index is 1.87. The van der Waals surface area contributed by atoms with Crippen LogP contribution >= 0.6 is 0 Å². The number of nitrogens with one attached hydrogen (secondary N) is 1. The first kappa shape index (κ1) is 15.7. The van der Waals surface area contributed by atoms with Gasteiger partial charge in [-0.2, -0.15) is 0 Å². The zero-order valence-corrected chi connectivity index (χ0v) is 12.7. The Morgan fingerprint density at radius 2 is 2.05 bits per heavy atom. The normalized spacial score (nSPS) is 29.2. The average molecular weight is 303 g/mol. The molecule has 0 saturated carbocycles. The van der Waals surface area contributed by atoms with Gasteiger partial charge in [-0.1, -0.05) is 6.42 Å². The van der Waals surface area contributed by atoms with Crippen LogP contribution < -0.4 is 11.1 Å². The van der Waals surface area contributed by atoms with Crippen molar-refractivity contribution in [3.8, 4) is 0 Å². The van der Waals surface area contributed by atoms with Crippen LogP contribution in [0.1, 0.15) is 38.5 Å². The number of primary amides is 1. The van der Waals surface area contributed by atoms with Gasteiger partial charge in [-0.25, -0.2) is 12.7 Å². The second-order valence-corrected chi connectivity index (χ2v) is 7.94. The van der Waals surface area contributed by atoms with Crippen LogP contribution in [0, 0.1) is 5.92 Å². The summed E-state index contributed by atoms with van der Waals surface area (Å²) in [5.41, 5.74) is 5.29. The first-order valence-electron chi connectivity index (χ1n) is 7.49. The lowest BCUT2D eigenvalue weighted by Gasteiger charge is -2.31. The number of nitrogens with zero attached hydrogens (tertiary/aromatic N) is 1. The Bertz CT molecular complexity index is 432. The van der Waals surface area contributed by atoms with Gasteiger partial charge in [0.2, 0.25) is 15.9 Å². The van der Waals surface area contributed by atoms with Gasteiger partial charge in [0.15, 0.2) is 0 Å². The van der Waals surface area contributed by atoms with Gasteiger partial charge >= 0.3 is 0 Å². The second kappa shape index (κ2) is 6.87. The van der Waals surface area contributed by atoms with Crippen LogP contribution in [-0.2, 0) is 14.8 Å². The molecular formula is C13H25N3O3S. The Morgan fingerprint density at radius 3 is 2.70 bits per heavy atom. The van der Waals surface area contributed by atoms with Crippen LogP contribution in [0.15, 0.2) is 0 Å². The first-order valence-corrected chi connectivity index (χ1v) is 9.10. The highest BCUT2D eigenvalue weighted by Gasteiger charge is 2.31. The molecule has 2 fully saturated rings. The van der Waals surface area contributed by atoms with Crippen LogP contribution in [0.4, 0.5) is 0 Å². The molecule has 0 aromatic carbocycles. The number of carbonyl (C=O) groups excluding carboxylic acids is 1. The molecule has 6 nitrogen and oxygen atoms in total. The number of amides is 1.